The summed E-state index contributed by atoms with van der Waals surface area (Å²) in [5, 5.41) is 8.74. The molecule has 0 bridgehead atoms. The first-order chi connectivity index (χ1) is 10.1. The Morgan fingerprint density at radius 1 is 1.24 bits per heavy atom. The van der Waals surface area contributed by atoms with E-state index in [0.717, 1.165) is 11.1 Å². The Morgan fingerprint density at radius 2 is 2.00 bits per heavy atom. The van der Waals surface area contributed by atoms with E-state index in [-0.39, 0.29) is 6.42 Å². The summed E-state index contributed by atoms with van der Waals surface area (Å²) in [4.78, 5) is 19.1. The molecule has 1 N–H and O–H groups in total. The lowest BCUT2D eigenvalue weighted by Crippen LogP contribution is -1.99. The number of carboxylic acids is 1. The number of hydrogen-bond donors (Lipinski definition) is 1. The minimum absolute atomic E-state index is 0.00560. The van der Waals surface area contributed by atoms with Gasteiger partial charge in [-0.25, -0.2) is 9.97 Å². The number of hydrogen-bond acceptors (Lipinski definition) is 4. The molecule has 0 saturated carbocycles. The molecule has 2 aromatic heterocycles. The van der Waals surface area contributed by atoms with Crippen LogP contribution in [0.5, 0.6) is 11.6 Å². The van der Waals surface area contributed by atoms with Crippen molar-refractivity contribution >= 4 is 17.0 Å². The molecule has 0 radical (unpaired) electrons. The summed E-state index contributed by atoms with van der Waals surface area (Å²) in [5.41, 5.74) is 2.34. The maximum atomic E-state index is 10.6. The Labute approximate surface area is 120 Å². The lowest BCUT2D eigenvalue weighted by atomic mass is 10.1. The van der Waals surface area contributed by atoms with Crippen LogP contribution in [0.3, 0.4) is 0 Å². The molecule has 21 heavy (non-hydrogen) atoms. The van der Waals surface area contributed by atoms with Crippen LogP contribution in [0.25, 0.3) is 11.0 Å². The number of aliphatic carboxylic acids is 1. The van der Waals surface area contributed by atoms with Gasteiger partial charge in [-0.3, -0.25) is 4.79 Å². The quantitative estimate of drug-likeness (QED) is 0.795. The number of nitrogens with zero attached hydrogens (tertiary/aromatic N) is 3. The van der Waals surface area contributed by atoms with Crippen LogP contribution in [-0.4, -0.2) is 25.6 Å². The van der Waals surface area contributed by atoms with Crippen LogP contribution in [0.2, 0.25) is 0 Å². The highest BCUT2D eigenvalue weighted by atomic mass is 16.5. The number of fused-ring (bicyclic) bond motifs is 1. The first kappa shape index (κ1) is 13.1. The maximum Gasteiger partial charge on any atom is 0.307 e. The van der Waals surface area contributed by atoms with Crippen molar-refractivity contribution < 1.29 is 14.6 Å². The van der Waals surface area contributed by atoms with Gasteiger partial charge in [0, 0.05) is 13.2 Å². The molecule has 3 aromatic rings. The van der Waals surface area contributed by atoms with Crippen LogP contribution >= 0.6 is 0 Å². The van der Waals surface area contributed by atoms with Crippen LogP contribution in [0, 0.1) is 0 Å². The zero-order chi connectivity index (χ0) is 14.8. The number of imidazole rings is 1. The normalized spacial score (nSPS) is 10.7. The van der Waals surface area contributed by atoms with Gasteiger partial charge in [0.05, 0.1) is 18.3 Å². The monoisotopic (exact) mass is 283 g/mol. The second kappa shape index (κ2) is 5.24. The molecular weight excluding hydrogens is 270 g/mol. The lowest BCUT2D eigenvalue weighted by molar-refractivity contribution is -0.136. The molecule has 1 aromatic carbocycles. The van der Waals surface area contributed by atoms with E-state index in [4.69, 9.17) is 9.84 Å². The third kappa shape index (κ3) is 2.69. The summed E-state index contributed by atoms with van der Waals surface area (Å²) in [7, 11) is 1.90. The molecule has 6 nitrogen and oxygen atoms in total. The molecule has 0 fully saturated rings. The number of benzene rings is 1. The van der Waals surface area contributed by atoms with Crippen molar-refractivity contribution in [2.75, 3.05) is 0 Å². The van der Waals surface area contributed by atoms with Gasteiger partial charge in [-0.2, -0.15) is 0 Å². The van der Waals surface area contributed by atoms with Gasteiger partial charge in [-0.1, -0.05) is 12.1 Å². The predicted molar refractivity (Wildman–Crippen MR) is 76.4 cm³/mol. The highest BCUT2D eigenvalue weighted by Crippen LogP contribution is 2.26. The van der Waals surface area contributed by atoms with Gasteiger partial charge in [0.15, 0.2) is 5.52 Å². The van der Waals surface area contributed by atoms with Crippen molar-refractivity contribution in [1.82, 2.24) is 14.5 Å². The number of rotatable bonds is 4. The topological polar surface area (TPSA) is 77.2 Å². The maximum absolute atomic E-state index is 10.6. The molecule has 0 amide bonds. The van der Waals surface area contributed by atoms with E-state index in [0.29, 0.717) is 17.1 Å². The summed E-state index contributed by atoms with van der Waals surface area (Å²) < 4.78 is 7.62. The SMILES string of the molecule is Cn1cnc2c(Oc3ccc(CC(=O)O)cc3)nccc21. The number of aryl methyl sites for hydroxylation is 1. The second-order valence-electron chi connectivity index (χ2n) is 4.66. The summed E-state index contributed by atoms with van der Waals surface area (Å²) >= 11 is 0. The van der Waals surface area contributed by atoms with Crippen molar-refractivity contribution in [3.8, 4) is 11.6 Å². The van der Waals surface area contributed by atoms with Crippen LogP contribution in [0.1, 0.15) is 5.56 Å². The summed E-state index contributed by atoms with van der Waals surface area (Å²) in [6.45, 7) is 0. The van der Waals surface area contributed by atoms with Crippen LogP contribution in [0.15, 0.2) is 42.9 Å². The zero-order valence-electron chi connectivity index (χ0n) is 11.4. The van der Waals surface area contributed by atoms with Crippen LogP contribution in [-0.2, 0) is 18.3 Å². The van der Waals surface area contributed by atoms with Crippen LogP contribution in [0.4, 0.5) is 0 Å². The molecule has 0 atom stereocenters. The minimum atomic E-state index is -0.858. The standard InChI is InChI=1S/C15H13N3O3/c1-18-9-17-14-12(18)6-7-16-15(14)21-11-4-2-10(3-5-11)8-13(19)20/h2-7,9H,8H2,1H3,(H,19,20). The Morgan fingerprint density at radius 3 is 2.71 bits per heavy atom. The number of carbonyl (C=O) groups is 1. The fourth-order valence-corrected chi connectivity index (χ4v) is 2.07. The summed E-state index contributed by atoms with van der Waals surface area (Å²) in [6.07, 6.45) is 3.36. The third-order valence-corrected chi connectivity index (χ3v) is 3.10. The summed E-state index contributed by atoms with van der Waals surface area (Å²) in [6, 6.07) is 8.76. The average molecular weight is 283 g/mol. The molecule has 6 heteroatoms. The predicted octanol–water partition coefficient (Wildman–Crippen LogP) is 2.39. The first-order valence-electron chi connectivity index (χ1n) is 6.38. The van der Waals surface area contributed by atoms with Gasteiger partial charge in [0.1, 0.15) is 5.75 Å². The largest absolute Gasteiger partial charge is 0.481 e. The molecule has 0 unspecified atom stereocenters. The second-order valence-corrected chi connectivity index (χ2v) is 4.66. The van der Waals surface area contributed by atoms with Gasteiger partial charge in [0.2, 0.25) is 5.88 Å². The van der Waals surface area contributed by atoms with Crippen LogP contribution < -0.4 is 4.74 Å². The van der Waals surface area contributed by atoms with Gasteiger partial charge in [-0.15, -0.1) is 0 Å². The Balaban J connectivity index is 1.86. The molecule has 2 heterocycles. The van der Waals surface area contributed by atoms with E-state index in [2.05, 4.69) is 9.97 Å². The Kier molecular flexibility index (Phi) is 3.27. The smallest absolute Gasteiger partial charge is 0.307 e. The first-order valence-corrected chi connectivity index (χ1v) is 6.38. The van der Waals surface area contributed by atoms with E-state index in [1.807, 2.05) is 17.7 Å². The van der Waals surface area contributed by atoms with E-state index < -0.39 is 5.97 Å². The van der Waals surface area contributed by atoms with Gasteiger partial charge in [0.25, 0.3) is 0 Å². The minimum Gasteiger partial charge on any atom is -0.481 e. The van der Waals surface area contributed by atoms with E-state index in [1.165, 1.54) is 0 Å². The van der Waals surface area contributed by atoms with Crippen molar-refractivity contribution in [1.29, 1.82) is 0 Å². The van der Waals surface area contributed by atoms with Crippen molar-refractivity contribution in [3.05, 3.63) is 48.4 Å². The Bertz CT molecular complexity index is 794. The number of aromatic nitrogens is 3. The molecule has 0 aliphatic heterocycles. The highest BCUT2D eigenvalue weighted by molar-refractivity contribution is 5.80. The molecule has 0 aliphatic carbocycles. The van der Waals surface area contributed by atoms with Gasteiger partial charge < -0.3 is 14.4 Å². The number of pyridine rings is 1. The zero-order valence-corrected chi connectivity index (χ0v) is 11.4. The van der Waals surface area contributed by atoms with Crippen molar-refractivity contribution in [3.63, 3.8) is 0 Å². The number of ether oxygens (including phenoxy) is 1. The molecule has 0 aliphatic rings. The molecule has 3 rings (SSSR count). The van der Waals surface area contributed by atoms with Crippen molar-refractivity contribution in [2.45, 2.75) is 6.42 Å². The third-order valence-electron chi connectivity index (χ3n) is 3.10. The molecule has 0 saturated heterocycles. The van der Waals surface area contributed by atoms with E-state index in [1.54, 1.807) is 36.8 Å². The van der Waals surface area contributed by atoms with E-state index in [9.17, 15) is 4.79 Å². The Hall–Kier alpha value is -2.89. The van der Waals surface area contributed by atoms with Crippen molar-refractivity contribution in [2.24, 2.45) is 7.05 Å². The summed E-state index contributed by atoms with van der Waals surface area (Å²) in [5.74, 6) is 0.164. The average Bonchev–Trinajstić information content (AvgIpc) is 2.83. The molecule has 106 valence electrons. The van der Waals surface area contributed by atoms with Gasteiger partial charge in [-0.05, 0) is 23.8 Å². The molecule has 0 spiro atoms. The highest BCUT2D eigenvalue weighted by Gasteiger charge is 2.09. The fourth-order valence-electron chi connectivity index (χ4n) is 2.07. The van der Waals surface area contributed by atoms with Gasteiger partial charge >= 0.3 is 5.97 Å². The number of carboxylic acid groups (broad SMARTS) is 1. The van der Waals surface area contributed by atoms with E-state index >= 15 is 0 Å². The fraction of sp³-hybridized carbons (Fsp3) is 0.133. The lowest BCUT2D eigenvalue weighted by Gasteiger charge is -2.06. The molecular formula is C15H13N3O3.